The molecular formula is C21H26N6O3. The predicted octanol–water partition coefficient (Wildman–Crippen LogP) is 2.60. The molecule has 4 heterocycles. The molecule has 0 unspecified atom stereocenters. The molecule has 4 rings (SSSR count). The molecule has 9 nitrogen and oxygen atoms in total. The Labute approximate surface area is 175 Å². The number of carbonyl (C=O) groups is 1. The Kier molecular flexibility index (Phi) is 5.63. The van der Waals surface area contributed by atoms with Gasteiger partial charge in [0.05, 0.1) is 18.8 Å². The second kappa shape index (κ2) is 8.35. The molecule has 0 saturated heterocycles. The summed E-state index contributed by atoms with van der Waals surface area (Å²) in [5.74, 6) is 0.844. The van der Waals surface area contributed by atoms with Gasteiger partial charge in [0.2, 0.25) is 0 Å². The number of hydrogen-bond donors (Lipinski definition) is 0. The van der Waals surface area contributed by atoms with E-state index >= 15 is 0 Å². The third-order valence-corrected chi connectivity index (χ3v) is 5.15. The highest BCUT2D eigenvalue weighted by Crippen LogP contribution is 2.30. The standard InChI is InChI=1S/C21H26N6O3/c1-13(2)27-17-6-8-29-12-16(17)19(24-27)20-23-18(25-30-20)5-7-26(4)21(28)15-9-14(3)10-22-11-15/h9-11,13H,5-8,12H2,1-4H3. The zero-order valence-corrected chi connectivity index (χ0v) is 17.8. The number of aromatic nitrogens is 5. The molecule has 0 aliphatic carbocycles. The highest BCUT2D eigenvalue weighted by atomic mass is 16.5. The van der Waals surface area contributed by atoms with Crippen LogP contribution < -0.4 is 0 Å². The minimum Gasteiger partial charge on any atom is -0.376 e. The van der Waals surface area contributed by atoms with Crippen molar-refractivity contribution in [3.05, 3.63) is 46.7 Å². The van der Waals surface area contributed by atoms with Crippen LogP contribution in [-0.2, 0) is 24.2 Å². The van der Waals surface area contributed by atoms with E-state index in [0.717, 1.165) is 17.5 Å². The fourth-order valence-electron chi connectivity index (χ4n) is 3.58. The summed E-state index contributed by atoms with van der Waals surface area (Å²) in [6, 6.07) is 2.07. The van der Waals surface area contributed by atoms with Gasteiger partial charge in [-0.1, -0.05) is 5.16 Å². The smallest absolute Gasteiger partial charge is 0.278 e. The second-order valence-electron chi connectivity index (χ2n) is 7.86. The van der Waals surface area contributed by atoms with E-state index in [1.165, 1.54) is 5.69 Å². The number of likely N-dealkylation sites (N-methyl/N-ethyl adjacent to an activating group) is 1. The maximum atomic E-state index is 12.6. The molecule has 0 aromatic carbocycles. The number of fused-ring (bicyclic) bond motifs is 1. The van der Waals surface area contributed by atoms with E-state index in [4.69, 9.17) is 14.4 Å². The average Bonchev–Trinajstić information content (AvgIpc) is 3.36. The number of amides is 1. The van der Waals surface area contributed by atoms with E-state index in [2.05, 4.69) is 29.0 Å². The summed E-state index contributed by atoms with van der Waals surface area (Å²) in [6.45, 7) is 7.76. The fourth-order valence-corrected chi connectivity index (χ4v) is 3.58. The number of ether oxygens (including phenoxy) is 1. The van der Waals surface area contributed by atoms with Crippen LogP contribution in [0.25, 0.3) is 11.6 Å². The third kappa shape index (κ3) is 3.97. The van der Waals surface area contributed by atoms with Gasteiger partial charge >= 0.3 is 0 Å². The summed E-state index contributed by atoms with van der Waals surface area (Å²) in [7, 11) is 1.75. The monoisotopic (exact) mass is 410 g/mol. The van der Waals surface area contributed by atoms with Crippen molar-refractivity contribution in [2.45, 2.75) is 46.3 Å². The lowest BCUT2D eigenvalue weighted by atomic mass is 10.1. The Morgan fingerprint density at radius 3 is 2.93 bits per heavy atom. The first-order chi connectivity index (χ1) is 14.4. The van der Waals surface area contributed by atoms with Crippen molar-refractivity contribution in [3.8, 4) is 11.6 Å². The molecule has 1 aliphatic heterocycles. The fraction of sp³-hybridized carbons (Fsp3) is 0.476. The molecule has 0 bridgehead atoms. The van der Waals surface area contributed by atoms with Gasteiger partial charge in [0.15, 0.2) is 11.5 Å². The van der Waals surface area contributed by atoms with E-state index in [-0.39, 0.29) is 11.9 Å². The van der Waals surface area contributed by atoms with Crippen LogP contribution in [0.2, 0.25) is 0 Å². The SMILES string of the molecule is Cc1cncc(C(=O)N(C)CCc2noc(-c3nn(C(C)C)c4c3COCC4)n2)c1. The van der Waals surface area contributed by atoms with Gasteiger partial charge in [-0.15, -0.1) is 0 Å². The van der Waals surface area contributed by atoms with Crippen molar-refractivity contribution in [3.63, 3.8) is 0 Å². The third-order valence-electron chi connectivity index (χ3n) is 5.15. The van der Waals surface area contributed by atoms with E-state index in [9.17, 15) is 4.79 Å². The quantitative estimate of drug-likeness (QED) is 0.616. The molecule has 9 heteroatoms. The highest BCUT2D eigenvalue weighted by Gasteiger charge is 2.26. The van der Waals surface area contributed by atoms with Crippen LogP contribution in [0.4, 0.5) is 0 Å². The molecule has 1 aliphatic rings. The first-order valence-electron chi connectivity index (χ1n) is 10.1. The van der Waals surface area contributed by atoms with Crippen LogP contribution >= 0.6 is 0 Å². The lowest BCUT2D eigenvalue weighted by molar-refractivity contribution is 0.0795. The number of pyridine rings is 1. The Morgan fingerprint density at radius 1 is 1.33 bits per heavy atom. The highest BCUT2D eigenvalue weighted by molar-refractivity contribution is 5.93. The molecule has 0 saturated carbocycles. The first kappa shape index (κ1) is 20.2. The number of nitrogens with zero attached hydrogens (tertiary/aromatic N) is 6. The molecular weight excluding hydrogens is 384 g/mol. The van der Waals surface area contributed by atoms with Gasteiger partial charge in [0, 0.05) is 56.1 Å². The van der Waals surface area contributed by atoms with Gasteiger partial charge in [-0.05, 0) is 32.4 Å². The molecule has 0 spiro atoms. The van der Waals surface area contributed by atoms with Crippen LogP contribution in [0, 0.1) is 6.92 Å². The van der Waals surface area contributed by atoms with Crippen molar-refractivity contribution in [2.75, 3.05) is 20.2 Å². The van der Waals surface area contributed by atoms with Crippen LogP contribution in [0.3, 0.4) is 0 Å². The Hall–Kier alpha value is -3.07. The summed E-state index contributed by atoms with van der Waals surface area (Å²) in [4.78, 5) is 22.8. The summed E-state index contributed by atoms with van der Waals surface area (Å²) < 4.78 is 13.1. The molecule has 3 aromatic heterocycles. The normalized spacial score (nSPS) is 13.5. The van der Waals surface area contributed by atoms with Crippen molar-refractivity contribution >= 4 is 5.91 Å². The first-order valence-corrected chi connectivity index (χ1v) is 10.1. The van der Waals surface area contributed by atoms with Gasteiger partial charge in [-0.2, -0.15) is 10.1 Å². The number of aryl methyl sites for hydroxylation is 1. The largest absolute Gasteiger partial charge is 0.376 e. The minimum absolute atomic E-state index is 0.0863. The molecule has 0 N–H and O–H groups in total. The van der Waals surface area contributed by atoms with Gasteiger partial charge < -0.3 is 14.2 Å². The summed E-state index contributed by atoms with van der Waals surface area (Å²) >= 11 is 0. The molecule has 30 heavy (non-hydrogen) atoms. The maximum Gasteiger partial charge on any atom is 0.278 e. The van der Waals surface area contributed by atoms with Gasteiger partial charge in [-0.3, -0.25) is 14.5 Å². The zero-order chi connectivity index (χ0) is 21.3. The molecule has 0 fully saturated rings. The van der Waals surface area contributed by atoms with Gasteiger partial charge in [0.1, 0.15) is 0 Å². The van der Waals surface area contributed by atoms with E-state index in [1.54, 1.807) is 24.3 Å². The summed E-state index contributed by atoms with van der Waals surface area (Å²) in [5, 5.41) is 8.80. The van der Waals surface area contributed by atoms with Crippen LogP contribution in [0.5, 0.6) is 0 Å². The zero-order valence-electron chi connectivity index (χ0n) is 17.8. The minimum atomic E-state index is -0.0863. The average molecular weight is 410 g/mol. The van der Waals surface area contributed by atoms with Gasteiger partial charge in [0.25, 0.3) is 11.8 Å². The molecule has 3 aromatic rings. The van der Waals surface area contributed by atoms with E-state index in [0.29, 0.717) is 49.2 Å². The summed E-state index contributed by atoms with van der Waals surface area (Å²) in [5.41, 5.74) is 4.39. The predicted molar refractivity (Wildman–Crippen MR) is 109 cm³/mol. The Bertz CT molecular complexity index is 1050. The summed E-state index contributed by atoms with van der Waals surface area (Å²) in [6.07, 6.45) is 4.60. The lowest BCUT2D eigenvalue weighted by Gasteiger charge is -2.16. The van der Waals surface area contributed by atoms with E-state index in [1.807, 2.05) is 17.7 Å². The van der Waals surface area contributed by atoms with Crippen LogP contribution in [0.15, 0.2) is 23.0 Å². The lowest BCUT2D eigenvalue weighted by Crippen LogP contribution is -2.29. The molecule has 0 radical (unpaired) electrons. The van der Waals surface area contributed by atoms with Crippen LogP contribution in [0.1, 0.15) is 52.9 Å². The van der Waals surface area contributed by atoms with E-state index < -0.39 is 0 Å². The van der Waals surface area contributed by atoms with Crippen molar-refractivity contribution in [1.82, 2.24) is 29.8 Å². The van der Waals surface area contributed by atoms with Crippen molar-refractivity contribution in [2.24, 2.45) is 0 Å². The number of rotatable bonds is 6. The number of hydrogen-bond acceptors (Lipinski definition) is 7. The van der Waals surface area contributed by atoms with Gasteiger partial charge in [-0.25, -0.2) is 0 Å². The van der Waals surface area contributed by atoms with Crippen molar-refractivity contribution < 1.29 is 14.1 Å². The Morgan fingerprint density at radius 2 is 2.17 bits per heavy atom. The molecule has 158 valence electrons. The molecule has 1 amide bonds. The maximum absolute atomic E-state index is 12.6. The van der Waals surface area contributed by atoms with Crippen molar-refractivity contribution in [1.29, 1.82) is 0 Å². The number of carbonyl (C=O) groups excluding carboxylic acids is 1. The van der Waals surface area contributed by atoms with Crippen LogP contribution in [-0.4, -0.2) is 55.9 Å². The molecule has 0 atom stereocenters. The second-order valence-corrected chi connectivity index (χ2v) is 7.86. The Balaban J connectivity index is 1.47. The topological polar surface area (TPSA) is 99.2 Å².